The molecule has 0 heterocycles. The largest absolute Gasteiger partial charge is 0.462 e. The number of unbranched alkanes of at least 4 members (excludes halogenated alkanes) is 28. The monoisotopic (exact) mass is 1030 g/mol. The molecule has 0 radical (unpaired) electrons. The summed E-state index contributed by atoms with van der Waals surface area (Å²) < 4.78 is 17.5. The van der Waals surface area contributed by atoms with Gasteiger partial charge in [0.2, 0.25) is 0 Å². The summed E-state index contributed by atoms with van der Waals surface area (Å²) in [5.41, 5.74) is 0. The lowest BCUT2D eigenvalue weighted by Crippen LogP contribution is -2.30. The van der Waals surface area contributed by atoms with Crippen molar-refractivity contribution in [2.24, 2.45) is 0 Å². The van der Waals surface area contributed by atoms with E-state index in [9.17, 15) is 9.59 Å². The third-order valence-electron chi connectivity index (χ3n) is 13.3. The van der Waals surface area contributed by atoms with Crippen LogP contribution in [-0.2, 0) is 23.8 Å². The van der Waals surface area contributed by atoms with Gasteiger partial charge >= 0.3 is 11.9 Å². The molecular formula is C69H118O5. The number of hydrogen-bond acceptors (Lipinski definition) is 5. The van der Waals surface area contributed by atoms with Crippen LogP contribution in [0.1, 0.15) is 290 Å². The Kier molecular flexibility index (Phi) is 60.9. The molecular weight excluding hydrogens is 909 g/mol. The Labute approximate surface area is 459 Å². The lowest BCUT2D eigenvalue weighted by Gasteiger charge is -2.18. The minimum absolute atomic E-state index is 0.0636. The maximum Gasteiger partial charge on any atom is 0.306 e. The second kappa shape index (κ2) is 63.8. The molecule has 0 aromatic rings. The van der Waals surface area contributed by atoms with Gasteiger partial charge < -0.3 is 14.2 Å². The molecule has 0 fully saturated rings. The smallest absolute Gasteiger partial charge is 0.306 e. The van der Waals surface area contributed by atoms with Crippen molar-refractivity contribution >= 4 is 11.9 Å². The van der Waals surface area contributed by atoms with Gasteiger partial charge in [-0.25, -0.2) is 0 Å². The van der Waals surface area contributed by atoms with Gasteiger partial charge in [0.25, 0.3) is 0 Å². The van der Waals surface area contributed by atoms with Gasteiger partial charge in [-0.15, -0.1) is 0 Å². The molecule has 0 bridgehead atoms. The Bertz CT molecular complexity index is 1440. The van der Waals surface area contributed by atoms with Crippen LogP contribution in [0.2, 0.25) is 0 Å². The summed E-state index contributed by atoms with van der Waals surface area (Å²) in [6.45, 7) is 7.71. The summed E-state index contributed by atoms with van der Waals surface area (Å²) in [6.07, 6.45) is 88.2. The predicted octanol–water partition coefficient (Wildman–Crippen LogP) is 21.9. The van der Waals surface area contributed by atoms with Crippen LogP contribution in [0.25, 0.3) is 0 Å². The highest BCUT2D eigenvalue weighted by Crippen LogP contribution is 2.14. The molecule has 0 aromatic heterocycles. The van der Waals surface area contributed by atoms with E-state index in [4.69, 9.17) is 14.2 Å². The maximum atomic E-state index is 12.9. The minimum atomic E-state index is -0.563. The summed E-state index contributed by atoms with van der Waals surface area (Å²) >= 11 is 0. The van der Waals surface area contributed by atoms with Crippen LogP contribution in [0.15, 0.2) is 109 Å². The fourth-order valence-electron chi connectivity index (χ4n) is 8.53. The van der Waals surface area contributed by atoms with Crippen LogP contribution in [0, 0.1) is 0 Å². The normalized spacial score (nSPS) is 13.0. The Morgan fingerprint density at radius 1 is 0.297 bits per heavy atom. The molecule has 5 nitrogen and oxygen atoms in total. The molecule has 5 heteroatoms. The van der Waals surface area contributed by atoms with Crippen LogP contribution < -0.4 is 0 Å². The van der Waals surface area contributed by atoms with Crippen molar-refractivity contribution in [2.45, 2.75) is 297 Å². The van der Waals surface area contributed by atoms with Crippen molar-refractivity contribution < 1.29 is 23.8 Å². The van der Waals surface area contributed by atoms with E-state index in [0.29, 0.717) is 19.4 Å². The van der Waals surface area contributed by atoms with Crippen LogP contribution in [-0.4, -0.2) is 37.9 Å². The zero-order valence-electron chi connectivity index (χ0n) is 48.8. The molecule has 0 amide bonds. The van der Waals surface area contributed by atoms with Crippen molar-refractivity contribution in [1.82, 2.24) is 0 Å². The summed E-state index contributed by atoms with van der Waals surface area (Å²) in [4.78, 5) is 25.6. The molecule has 424 valence electrons. The molecule has 1 atom stereocenters. The van der Waals surface area contributed by atoms with Gasteiger partial charge in [0.15, 0.2) is 6.10 Å². The van der Waals surface area contributed by atoms with E-state index in [1.54, 1.807) is 0 Å². The van der Waals surface area contributed by atoms with E-state index >= 15 is 0 Å². The molecule has 1 unspecified atom stereocenters. The third-order valence-corrected chi connectivity index (χ3v) is 13.3. The first-order chi connectivity index (χ1) is 36.6. The molecule has 0 rings (SSSR count). The first kappa shape index (κ1) is 70.6. The van der Waals surface area contributed by atoms with Crippen LogP contribution in [0.3, 0.4) is 0 Å². The molecule has 0 saturated heterocycles. The highest BCUT2D eigenvalue weighted by molar-refractivity contribution is 5.70. The number of hydrogen-bond donors (Lipinski definition) is 0. The van der Waals surface area contributed by atoms with Crippen molar-refractivity contribution in [3.63, 3.8) is 0 Å². The molecule has 0 aliphatic rings. The Morgan fingerprint density at radius 3 is 0.905 bits per heavy atom. The van der Waals surface area contributed by atoms with Crippen molar-refractivity contribution in [3.8, 4) is 0 Å². The fraction of sp³-hybridized carbons (Fsp3) is 0.710. The molecule has 0 saturated carbocycles. The standard InChI is InChI=1S/C69H118O5/c1-4-7-10-13-16-19-22-25-28-31-34-37-40-43-46-49-52-55-58-61-64-72-65-67(74-69(71)63-60-57-54-51-48-45-42-39-36-33-30-27-24-21-18-15-12-9-6-3)66-73-68(70)62-59-56-53-50-47-44-41-38-35-32-29-26-23-20-17-14-11-8-5-2/h16-21,25-30,34-39,67H,4-15,22-24,31-33,40-66H2,1-3H3/b19-16-,20-17-,21-18-,28-25-,29-26-,30-27-,37-34-,38-35-,39-36-. The number of rotatable bonds is 57. The van der Waals surface area contributed by atoms with Crippen LogP contribution in [0.4, 0.5) is 0 Å². The predicted molar refractivity (Wildman–Crippen MR) is 325 cm³/mol. The first-order valence-corrected chi connectivity index (χ1v) is 31.4. The SMILES string of the molecule is CCCCC/C=C\C/C=C\C/C=C\CCCCCCCCCOCC(COC(=O)CCCCCCCC/C=C\C/C=C\C/C=C\CCCCC)OC(=O)CCCCCCCC/C=C\C/C=C\C/C=C\CCCCC. The number of esters is 2. The molecule has 0 N–H and O–H groups in total. The second-order valence-corrected chi connectivity index (χ2v) is 20.6. The number of carbonyl (C=O) groups excluding carboxylic acids is 2. The van der Waals surface area contributed by atoms with Crippen LogP contribution >= 0.6 is 0 Å². The summed E-state index contributed by atoms with van der Waals surface area (Å²) in [5, 5.41) is 0. The highest BCUT2D eigenvalue weighted by atomic mass is 16.6. The van der Waals surface area contributed by atoms with Gasteiger partial charge in [-0.1, -0.05) is 252 Å². The molecule has 0 aliphatic heterocycles. The topological polar surface area (TPSA) is 61.8 Å². The zero-order valence-corrected chi connectivity index (χ0v) is 48.8. The third kappa shape index (κ3) is 61.1. The van der Waals surface area contributed by atoms with E-state index < -0.39 is 6.10 Å². The van der Waals surface area contributed by atoms with Gasteiger partial charge in [0, 0.05) is 19.4 Å². The number of allylic oxidation sites excluding steroid dienone is 18. The molecule has 0 spiro atoms. The van der Waals surface area contributed by atoms with Gasteiger partial charge in [0.05, 0.1) is 6.61 Å². The molecule has 74 heavy (non-hydrogen) atoms. The zero-order chi connectivity index (χ0) is 53.4. The lowest BCUT2D eigenvalue weighted by molar-refractivity contribution is -0.163. The molecule has 0 aromatic carbocycles. The van der Waals surface area contributed by atoms with Gasteiger partial charge in [-0.3, -0.25) is 9.59 Å². The maximum absolute atomic E-state index is 12.9. The average Bonchev–Trinajstić information content (AvgIpc) is 3.40. The molecule has 0 aliphatic carbocycles. The number of ether oxygens (including phenoxy) is 3. The number of carbonyl (C=O) groups is 2. The summed E-state index contributed by atoms with van der Waals surface area (Å²) in [6, 6.07) is 0. The van der Waals surface area contributed by atoms with E-state index in [2.05, 4.69) is 130 Å². The van der Waals surface area contributed by atoms with Gasteiger partial charge in [0.1, 0.15) is 6.61 Å². The Hall–Kier alpha value is -3.44. The quantitative estimate of drug-likeness (QED) is 0.0345. The van der Waals surface area contributed by atoms with Gasteiger partial charge in [-0.05, 0) is 135 Å². The van der Waals surface area contributed by atoms with Crippen LogP contribution in [0.5, 0.6) is 0 Å². The van der Waals surface area contributed by atoms with Crippen molar-refractivity contribution in [3.05, 3.63) is 109 Å². The average molecular weight is 1030 g/mol. The lowest BCUT2D eigenvalue weighted by atomic mass is 10.1. The summed E-state index contributed by atoms with van der Waals surface area (Å²) in [7, 11) is 0. The first-order valence-electron chi connectivity index (χ1n) is 31.4. The Balaban J connectivity index is 4.38. The van der Waals surface area contributed by atoms with E-state index in [1.165, 1.54) is 154 Å². The van der Waals surface area contributed by atoms with Crippen molar-refractivity contribution in [2.75, 3.05) is 19.8 Å². The fourth-order valence-corrected chi connectivity index (χ4v) is 8.53. The Morgan fingerprint density at radius 2 is 0.568 bits per heavy atom. The van der Waals surface area contributed by atoms with E-state index in [0.717, 1.165) is 103 Å². The van der Waals surface area contributed by atoms with Crippen molar-refractivity contribution in [1.29, 1.82) is 0 Å². The van der Waals surface area contributed by atoms with Gasteiger partial charge in [-0.2, -0.15) is 0 Å². The van der Waals surface area contributed by atoms with E-state index in [1.807, 2.05) is 0 Å². The summed E-state index contributed by atoms with van der Waals surface area (Å²) in [5.74, 6) is -0.429. The van der Waals surface area contributed by atoms with E-state index in [-0.39, 0.29) is 25.2 Å². The minimum Gasteiger partial charge on any atom is -0.462 e. The second-order valence-electron chi connectivity index (χ2n) is 20.6. The highest BCUT2D eigenvalue weighted by Gasteiger charge is 2.17.